The molecule has 0 aromatic rings. The van der Waals surface area contributed by atoms with Gasteiger partial charge in [0.1, 0.15) is 0 Å². The summed E-state index contributed by atoms with van der Waals surface area (Å²) in [4.78, 5) is 0. The Morgan fingerprint density at radius 3 is 2.27 bits per heavy atom. The maximum atomic E-state index is 11.0. The van der Waals surface area contributed by atoms with Crippen LogP contribution in [0.5, 0.6) is 0 Å². The van der Waals surface area contributed by atoms with Gasteiger partial charge >= 0.3 is 0 Å². The fraction of sp³-hybridized carbons (Fsp3) is 1.00. The third-order valence-corrected chi connectivity index (χ3v) is 4.13. The molecule has 0 atom stereocenters. The maximum absolute atomic E-state index is 11.0. The van der Waals surface area contributed by atoms with E-state index in [1.807, 2.05) is 0 Å². The van der Waals surface area contributed by atoms with Crippen LogP contribution in [0.4, 0.5) is 0 Å². The summed E-state index contributed by atoms with van der Waals surface area (Å²) >= 11 is 0. The summed E-state index contributed by atoms with van der Waals surface area (Å²) in [7, 11) is -3.14. The topological polar surface area (TPSA) is 43.4 Å². The van der Waals surface area contributed by atoms with Crippen LogP contribution in [0, 0.1) is 5.41 Å². The van der Waals surface area contributed by atoms with E-state index in [1.165, 1.54) is 12.8 Å². The summed E-state index contributed by atoms with van der Waals surface area (Å²) in [6, 6.07) is 0. The van der Waals surface area contributed by atoms with Crippen LogP contribution in [0.1, 0.15) is 25.7 Å². The highest BCUT2D eigenvalue weighted by atomic mass is 32.2. The van der Waals surface area contributed by atoms with Crippen molar-refractivity contribution in [2.45, 2.75) is 25.7 Å². The molecule has 4 heteroatoms. The lowest BCUT2D eigenvalue weighted by Gasteiger charge is -2.16. The Morgan fingerprint density at radius 2 is 1.82 bits per heavy atom. The van der Waals surface area contributed by atoms with Gasteiger partial charge in [-0.2, -0.15) is 8.42 Å². The molecule has 0 radical (unpaired) electrons. The van der Waals surface area contributed by atoms with E-state index in [9.17, 15) is 8.42 Å². The summed E-state index contributed by atoms with van der Waals surface area (Å²) in [5.41, 5.74) is 0.0127. The molecule has 3 nitrogen and oxygen atoms in total. The van der Waals surface area contributed by atoms with Crippen LogP contribution in [0.3, 0.4) is 0 Å². The molecule has 11 heavy (non-hydrogen) atoms. The molecule has 2 aliphatic rings. The van der Waals surface area contributed by atoms with Crippen LogP contribution in [0.2, 0.25) is 0 Å². The van der Waals surface area contributed by atoms with Crippen LogP contribution < -0.4 is 0 Å². The number of hydrogen-bond acceptors (Lipinski definition) is 3. The van der Waals surface area contributed by atoms with Gasteiger partial charge in [-0.05, 0) is 12.8 Å². The van der Waals surface area contributed by atoms with E-state index in [4.69, 9.17) is 4.18 Å². The first-order chi connectivity index (χ1) is 5.12. The SMILES string of the molecule is O=S1(=O)CC2(CCCC2)CO1. The van der Waals surface area contributed by atoms with Crippen molar-refractivity contribution in [1.82, 2.24) is 0 Å². The van der Waals surface area contributed by atoms with Crippen molar-refractivity contribution in [2.24, 2.45) is 5.41 Å². The van der Waals surface area contributed by atoms with Gasteiger partial charge in [-0.3, -0.25) is 4.18 Å². The number of hydrogen-bond donors (Lipinski definition) is 0. The summed E-state index contributed by atoms with van der Waals surface area (Å²) in [5.74, 6) is 0.264. The van der Waals surface area contributed by atoms with Gasteiger partial charge in [-0.1, -0.05) is 12.8 Å². The van der Waals surface area contributed by atoms with Crippen LogP contribution in [-0.4, -0.2) is 20.8 Å². The zero-order valence-electron chi connectivity index (χ0n) is 6.38. The quantitative estimate of drug-likeness (QED) is 0.515. The molecule has 1 saturated heterocycles. The zero-order valence-corrected chi connectivity index (χ0v) is 7.19. The van der Waals surface area contributed by atoms with Gasteiger partial charge in [0.25, 0.3) is 10.1 Å². The molecule has 64 valence electrons. The van der Waals surface area contributed by atoms with Gasteiger partial charge in [0.05, 0.1) is 12.4 Å². The van der Waals surface area contributed by atoms with Crippen LogP contribution in [0.25, 0.3) is 0 Å². The number of rotatable bonds is 0. The lowest BCUT2D eigenvalue weighted by molar-refractivity contribution is 0.224. The summed E-state index contributed by atoms with van der Waals surface area (Å²) in [6.45, 7) is 0.440. The molecule has 0 aromatic carbocycles. The fourth-order valence-electron chi connectivity index (χ4n) is 2.09. The highest BCUT2D eigenvalue weighted by Gasteiger charge is 2.44. The van der Waals surface area contributed by atoms with Gasteiger partial charge in [-0.25, -0.2) is 0 Å². The second-order valence-corrected chi connectivity index (χ2v) is 5.31. The van der Waals surface area contributed by atoms with Crippen molar-refractivity contribution in [3.63, 3.8) is 0 Å². The molecule has 0 amide bonds. The predicted molar refractivity (Wildman–Crippen MR) is 40.6 cm³/mol. The normalized spacial score (nSPS) is 33.1. The first-order valence-electron chi connectivity index (χ1n) is 3.99. The molecule has 0 N–H and O–H groups in total. The van der Waals surface area contributed by atoms with E-state index in [2.05, 4.69) is 0 Å². The second kappa shape index (κ2) is 2.20. The molecule has 1 heterocycles. The Hall–Kier alpha value is -0.0900. The zero-order chi connectivity index (χ0) is 7.95. The molecule has 0 aromatic heterocycles. The molecule has 1 aliphatic heterocycles. The molecular weight excluding hydrogens is 164 g/mol. The Kier molecular flexibility index (Phi) is 1.51. The van der Waals surface area contributed by atoms with Crippen molar-refractivity contribution >= 4 is 10.1 Å². The van der Waals surface area contributed by atoms with Crippen molar-refractivity contribution in [3.8, 4) is 0 Å². The summed E-state index contributed by atoms with van der Waals surface area (Å²) < 4.78 is 26.7. The van der Waals surface area contributed by atoms with Gasteiger partial charge in [0.15, 0.2) is 0 Å². The Balaban J connectivity index is 2.20. The van der Waals surface area contributed by atoms with Gasteiger partial charge in [0, 0.05) is 5.41 Å². The van der Waals surface area contributed by atoms with E-state index < -0.39 is 10.1 Å². The van der Waals surface area contributed by atoms with E-state index in [1.54, 1.807) is 0 Å². The highest BCUT2D eigenvalue weighted by Crippen LogP contribution is 2.43. The third kappa shape index (κ3) is 1.29. The second-order valence-electron chi connectivity index (χ2n) is 3.67. The first-order valence-corrected chi connectivity index (χ1v) is 5.57. The minimum absolute atomic E-state index is 0.0127. The lowest BCUT2D eigenvalue weighted by atomic mass is 9.90. The van der Waals surface area contributed by atoms with E-state index in [0.717, 1.165) is 12.8 Å². The molecule has 2 fully saturated rings. The summed E-state index contributed by atoms with van der Waals surface area (Å²) in [6.07, 6.45) is 4.40. The van der Waals surface area contributed by atoms with Crippen LogP contribution in [-0.2, 0) is 14.3 Å². The molecule has 1 aliphatic carbocycles. The predicted octanol–water partition coefficient (Wildman–Crippen LogP) is 0.907. The third-order valence-electron chi connectivity index (χ3n) is 2.69. The molecule has 2 rings (SSSR count). The fourth-order valence-corrected chi connectivity index (χ4v) is 3.72. The molecule has 1 spiro atoms. The molecule has 0 unspecified atom stereocenters. The Morgan fingerprint density at radius 1 is 1.18 bits per heavy atom. The smallest absolute Gasteiger partial charge is 0.267 e. The van der Waals surface area contributed by atoms with Gasteiger partial charge < -0.3 is 0 Å². The lowest BCUT2D eigenvalue weighted by Crippen LogP contribution is -2.20. The van der Waals surface area contributed by atoms with Crippen LogP contribution >= 0.6 is 0 Å². The standard InChI is InChI=1S/C7H12O3S/c8-11(9)6-7(5-10-11)3-1-2-4-7/h1-6H2. The highest BCUT2D eigenvalue weighted by molar-refractivity contribution is 7.87. The van der Waals surface area contributed by atoms with E-state index in [-0.39, 0.29) is 11.2 Å². The largest absolute Gasteiger partial charge is 0.269 e. The van der Waals surface area contributed by atoms with Gasteiger partial charge in [-0.15, -0.1) is 0 Å². The average molecular weight is 176 g/mol. The van der Waals surface area contributed by atoms with E-state index in [0.29, 0.717) is 6.61 Å². The van der Waals surface area contributed by atoms with Crippen molar-refractivity contribution < 1.29 is 12.6 Å². The van der Waals surface area contributed by atoms with Crippen molar-refractivity contribution in [3.05, 3.63) is 0 Å². The monoisotopic (exact) mass is 176 g/mol. The average Bonchev–Trinajstić information content (AvgIpc) is 2.43. The minimum atomic E-state index is -3.14. The summed E-state index contributed by atoms with van der Waals surface area (Å²) in [5, 5.41) is 0. The van der Waals surface area contributed by atoms with Crippen molar-refractivity contribution in [1.29, 1.82) is 0 Å². The Labute approximate surface area is 66.9 Å². The van der Waals surface area contributed by atoms with Gasteiger partial charge in [0.2, 0.25) is 0 Å². The molecule has 1 saturated carbocycles. The van der Waals surface area contributed by atoms with Crippen molar-refractivity contribution in [2.75, 3.05) is 12.4 Å². The molecular formula is C7H12O3S. The Bertz CT molecular complexity index is 249. The molecule has 0 bridgehead atoms. The minimum Gasteiger partial charge on any atom is -0.269 e. The van der Waals surface area contributed by atoms with E-state index >= 15 is 0 Å². The first kappa shape index (κ1) is 7.55. The maximum Gasteiger partial charge on any atom is 0.267 e. The van der Waals surface area contributed by atoms with Crippen LogP contribution in [0.15, 0.2) is 0 Å².